The first kappa shape index (κ1) is 20.9. The first-order valence-corrected chi connectivity index (χ1v) is 9.14. The van der Waals surface area contributed by atoms with Crippen molar-refractivity contribution in [2.45, 2.75) is 32.2 Å². The van der Waals surface area contributed by atoms with Gasteiger partial charge in [0, 0.05) is 6.07 Å². The second-order valence-corrected chi connectivity index (χ2v) is 6.75. The lowest BCUT2D eigenvalue weighted by molar-refractivity contribution is -0.0726. The molecule has 1 aromatic heterocycles. The number of H-pyrrole nitrogens is 1. The molecule has 0 unspecified atom stereocenters. The third kappa shape index (κ3) is 4.01. The van der Waals surface area contributed by atoms with E-state index in [2.05, 4.69) is 21.5 Å². The molecule has 2 aromatic rings. The number of fused-ring (bicyclic) bond motifs is 2. The van der Waals surface area contributed by atoms with Crippen molar-refractivity contribution in [1.29, 1.82) is 0 Å². The third-order valence-corrected chi connectivity index (χ3v) is 4.62. The number of aliphatic hydroxyl groups excluding tert-OH is 4. The van der Waals surface area contributed by atoms with Gasteiger partial charge >= 0.3 is 0 Å². The van der Waals surface area contributed by atoms with Crippen molar-refractivity contribution in [3.8, 4) is 5.75 Å². The van der Waals surface area contributed by atoms with E-state index >= 15 is 0 Å². The molecule has 3 atom stereocenters. The number of β-amino-alcohol motifs (C(OH)–C–C–N with tert-alkyl or cyclic N) is 1. The number of hydrogen-bond donors (Lipinski definition) is 5. The number of aromatic nitrogens is 2. The van der Waals surface area contributed by atoms with E-state index < -0.39 is 30.5 Å². The van der Waals surface area contributed by atoms with E-state index in [9.17, 15) is 20.1 Å². The molecule has 10 nitrogen and oxygen atoms in total. The Morgan fingerprint density at radius 1 is 1.28 bits per heavy atom. The maximum Gasteiger partial charge on any atom is 0.279 e. The maximum absolute atomic E-state index is 12.4. The van der Waals surface area contributed by atoms with Gasteiger partial charge in [-0.15, -0.1) is 0 Å². The molecule has 0 bridgehead atoms. The van der Waals surface area contributed by atoms with Crippen molar-refractivity contribution in [3.63, 3.8) is 0 Å². The van der Waals surface area contributed by atoms with Gasteiger partial charge < -0.3 is 35.0 Å². The largest absolute Gasteiger partial charge is 0.494 e. The molecule has 0 fully saturated rings. The quantitative estimate of drug-likeness (QED) is 0.369. The van der Waals surface area contributed by atoms with E-state index in [1.165, 1.54) is 4.90 Å². The van der Waals surface area contributed by atoms with E-state index in [1.54, 1.807) is 12.1 Å². The summed E-state index contributed by atoms with van der Waals surface area (Å²) in [6.07, 6.45) is -4.59. The summed E-state index contributed by atoms with van der Waals surface area (Å²) in [5.41, 5.74) is 1.40. The van der Waals surface area contributed by atoms with Gasteiger partial charge in [0.25, 0.3) is 5.56 Å². The number of nitrogens with one attached hydrogen (secondary N) is 1. The van der Waals surface area contributed by atoms with Crippen molar-refractivity contribution in [2.75, 3.05) is 24.7 Å². The first-order valence-electron chi connectivity index (χ1n) is 9.14. The fourth-order valence-electron chi connectivity index (χ4n) is 3.15. The van der Waals surface area contributed by atoms with Gasteiger partial charge in [0.05, 0.1) is 31.1 Å². The zero-order chi connectivity index (χ0) is 21.3. The molecule has 156 valence electrons. The molecule has 0 saturated carbocycles. The number of hydrogen-bond acceptors (Lipinski definition) is 9. The minimum absolute atomic E-state index is 0.0397. The van der Waals surface area contributed by atoms with Crippen LogP contribution in [-0.2, 0) is 0 Å². The number of rotatable bonds is 7. The van der Waals surface area contributed by atoms with Gasteiger partial charge in [0.15, 0.2) is 11.2 Å². The van der Waals surface area contributed by atoms with Crippen molar-refractivity contribution >= 4 is 23.8 Å². The summed E-state index contributed by atoms with van der Waals surface area (Å²) in [4.78, 5) is 25.1. The second-order valence-electron chi connectivity index (χ2n) is 6.75. The average molecular weight is 404 g/mol. The lowest BCUT2D eigenvalue weighted by atomic mass is 10.1. The van der Waals surface area contributed by atoms with Crippen LogP contribution in [0.3, 0.4) is 0 Å². The summed E-state index contributed by atoms with van der Waals surface area (Å²) in [5.74, 6) is 0.752. The highest BCUT2D eigenvalue weighted by Gasteiger charge is 2.31. The van der Waals surface area contributed by atoms with Crippen LogP contribution < -0.4 is 26.0 Å². The topological polar surface area (TPSA) is 152 Å². The fourth-order valence-corrected chi connectivity index (χ4v) is 3.15. The van der Waals surface area contributed by atoms with Gasteiger partial charge in [-0.2, -0.15) is 0 Å². The molecule has 1 aromatic carbocycles. The van der Waals surface area contributed by atoms with Crippen LogP contribution in [-0.4, -0.2) is 68.5 Å². The predicted octanol–water partition coefficient (Wildman–Crippen LogP) is -1.63. The highest BCUT2D eigenvalue weighted by molar-refractivity contribution is 5.78. The second kappa shape index (κ2) is 8.29. The smallest absolute Gasteiger partial charge is 0.279 e. The van der Waals surface area contributed by atoms with E-state index in [0.717, 1.165) is 5.56 Å². The molecular weight excluding hydrogens is 380 g/mol. The molecule has 0 saturated heterocycles. The van der Waals surface area contributed by atoms with Crippen LogP contribution in [0.25, 0.3) is 6.58 Å². The monoisotopic (exact) mass is 404 g/mol. The van der Waals surface area contributed by atoms with Crippen molar-refractivity contribution in [1.82, 2.24) is 9.97 Å². The summed E-state index contributed by atoms with van der Waals surface area (Å²) in [7, 11) is 0. The molecule has 3 rings (SSSR count). The van der Waals surface area contributed by atoms with Gasteiger partial charge in [-0.25, -0.2) is 9.98 Å². The van der Waals surface area contributed by atoms with Crippen LogP contribution >= 0.6 is 0 Å². The Bertz CT molecular complexity index is 1070. The molecule has 0 radical (unpaired) electrons. The Labute approximate surface area is 166 Å². The van der Waals surface area contributed by atoms with Crippen LogP contribution in [0.4, 0.5) is 17.2 Å². The highest BCUT2D eigenvalue weighted by atomic mass is 16.5. The van der Waals surface area contributed by atoms with Crippen LogP contribution in [0.2, 0.25) is 0 Å². The molecule has 29 heavy (non-hydrogen) atoms. The lowest BCUT2D eigenvalue weighted by Crippen LogP contribution is -2.48. The van der Waals surface area contributed by atoms with Crippen LogP contribution in [0.15, 0.2) is 21.9 Å². The normalized spacial score (nSPS) is 15.7. The molecule has 10 heteroatoms. The first-order chi connectivity index (χ1) is 13.8. The van der Waals surface area contributed by atoms with Crippen molar-refractivity contribution in [2.24, 2.45) is 4.99 Å². The van der Waals surface area contributed by atoms with Gasteiger partial charge in [-0.05, 0) is 25.5 Å². The van der Waals surface area contributed by atoms with Crippen LogP contribution in [0.5, 0.6) is 5.75 Å². The molecule has 0 amide bonds. The number of ether oxygens (including phenoxy) is 1. The van der Waals surface area contributed by atoms with Crippen LogP contribution in [0.1, 0.15) is 12.5 Å². The molecule has 5 N–H and O–H groups in total. The Balaban J connectivity index is 2.17. The molecule has 0 aliphatic carbocycles. The summed E-state index contributed by atoms with van der Waals surface area (Å²) < 4.78 is 5.64. The number of aliphatic hydroxyl groups is 4. The van der Waals surface area contributed by atoms with E-state index in [0.29, 0.717) is 23.7 Å². The predicted molar refractivity (Wildman–Crippen MR) is 105 cm³/mol. The molecule has 1 aliphatic rings. The fraction of sp³-hybridized carbons (Fsp3) is 0.421. The number of anilines is 2. The summed E-state index contributed by atoms with van der Waals surface area (Å²) in [5, 5.41) is 39.2. The van der Waals surface area contributed by atoms with Gasteiger partial charge in [0.2, 0.25) is 0 Å². The van der Waals surface area contributed by atoms with E-state index in [-0.39, 0.29) is 23.2 Å². The standard InChI is InChI=1S/C19H24N4O6/c1-4-29-15-6-12-11(5-9(15)2)22-16-18(20-10(3)21-19(16)28)23(12)7-13(25)17(27)14(26)8-24/h5-6,13-14,17,24-27H,3-4,7-8H2,1-2H3,(H,21,28)/t13-,14+,17-/m0/s1. The Morgan fingerprint density at radius 2 is 2.00 bits per heavy atom. The van der Waals surface area contributed by atoms with Crippen LogP contribution in [0, 0.1) is 6.92 Å². The average Bonchev–Trinajstić information content (AvgIpc) is 2.68. The van der Waals surface area contributed by atoms with E-state index in [1.807, 2.05) is 13.8 Å². The number of benzene rings is 1. The summed E-state index contributed by atoms with van der Waals surface area (Å²) >= 11 is 0. The SMILES string of the molecule is C=c1nc2c(c(=O)[nH]1)=Nc1cc(C)c(OCC)cc1N2C[C@H](O)[C@H](O)[C@H](O)CO. The maximum atomic E-state index is 12.4. The van der Waals surface area contributed by atoms with Gasteiger partial charge in [-0.3, -0.25) is 4.79 Å². The minimum atomic E-state index is -1.61. The number of nitrogens with zero attached hydrogens (tertiary/aromatic N) is 3. The molecular formula is C19H24N4O6. The number of aromatic amines is 1. The Morgan fingerprint density at radius 3 is 2.66 bits per heavy atom. The Kier molecular flexibility index (Phi) is 5.99. The van der Waals surface area contributed by atoms with Gasteiger partial charge in [0.1, 0.15) is 29.5 Å². The molecule has 0 spiro atoms. The summed E-state index contributed by atoms with van der Waals surface area (Å²) in [6, 6.07) is 3.47. The van der Waals surface area contributed by atoms with Gasteiger partial charge in [-0.1, -0.05) is 6.58 Å². The zero-order valence-electron chi connectivity index (χ0n) is 16.2. The minimum Gasteiger partial charge on any atom is -0.494 e. The summed E-state index contributed by atoms with van der Waals surface area (Å²) in [6.45, 7) is 6.85. The van der Waals surface area contributed by atoms with Crippen molar-refractivity contribution < 1.29 is 25.2 Å². The van der Waals surface area contributed by atoms with E-state index in [4.69, 9.17) is 9.84 Å². The highest BCUT2D eigenvalue weighted by Crippen LogP contribution is 2.39. The Hall–Kier alpha value is -2.79. The van der Waals surface area contributed by atoms with Crippen molar-refractivity contribution in [3.05, 3.63) is 38.9 Å². The third-order valence-electron chi connectivity index (χ3n) is 4.62. The molecule has 2 heterocycles. The molecule has 1 aliphatic heterocycles. The zero-order valence-corrected chi connectivity index (χ0v) is 16.2. The number of aryl methyl sites for hydroxylation is 1. The lowest BCUT2D eigenvalue weighted by Gasteiger charge is -2.32.